The van der Waals surface area contributed by atoms with Crippen LogP contribution in [0.1, 0.15) is 17.3 Å². The second-order valence-electron chi connectivity index (χ2n) is 4.54. The number of benzene rings is 1. The highest BCUT2D eigenvalue weighted by Gasteiger charge is 2.11. The van der Waals surface area contributed by atoms with Crippen molar-refractivity contribution < 1.29 is 9.53 Å². The first kappa shape index (κ1) is 15.1. The van der Waals surface area contributed by atoms with E-state index >= 15 is 0 Å². The lowest BCUT2D eigenvalue weighted by Gasteiger charge is -2.15. The molecule has 1 amide bonds. The van der Waals surface area contributed by atoms with Gasteiger partial charge in [0.15, 0.2) is 0 Å². The summed E-state index contributed by atoms with van der Waals surface area (Å²) in [5.41, 5.74) is 5.86. The zero-order valence-corrected chi connectivity index (χ0v) is 12.3. The zero-order chi connectivity index (χ0) is 15.2. The number of nitrogens with zero attached hydrogens (tertiary/aromatic N) is 1. The largest absolute Gasteiger partial charge is 0.489 e. The first-order valence-corrected chi connectivity index (χ1v) is 6.85. The number of pyridine rings is 1. The van der Waals surface area contributed by atoms with Crippen LogP contribution in [0, 0.1) is 0 Å². The Morgan fingerprint density at radius 3 is 2.81 bits per heavy atom. The number of aromatic nitrogens is 1. The van der Waals surface area contributed by atoms with E-state index in [-0.39, 0.29) is 22.9 Å². The number of nitrogen functional groups attached to an aromatic ring is 1. The average molecular weight is 306 g/mol. The minimum absolute atomic E-state index is 0.159. The maximum absolute atomic E-state index is 12.0. The Bertz CT molecular complexity index is 620. The van der Waals surface area contributed by atoms with E-state index in [9.17, 15) is 4.79 Å². The Labute approximate surface area is 128 Å². The Hall–Kier alpha value is -2.27. The summed E-state index contributed by atoms with van der Waals surface area (Å²) < 4.78 is 5.67. The number of amides is 1. The normalized spacial score (nSPS) is 11.7. The van der Waals surface area contributed by atoms with Gasteiger partial charge in [0, 0.05) is 6.20 Å². The molecule has 0 bridgehead atoms. The summed E-state index contributed by atoms with van der Waals surface area (Å²) >= 11 is 5.84. The number of nitrogens with two attached hydrogens (primary N) is 1. The summed E-state index contributed by atoms with van der Waals surface area (Å²) in [5, 5.41) is 3.02. The third-order valence-corrected chi connectivity index (χ3v) is 3.07. The molecule has 2 aromatic rings. The van der Waals surface area contributed by atoms with Crippen molar-refractivity contribution in [2.45, 2.75) is 13.0 Å². The predicted octanol–water partition coefficient (Wildman–Crippen LogP) is 2.51. The van der Waals surface area contributed by atoms with Gasteiger partial charge in [0.2, 0.25) is 0 Å². The number of carbonyl (C=O) groups is 1. The third kappa shape index (κ3) is 4.36. The number of carbonyl (C=O) groups excluding carboxylic acids is 1. The van der Waals surface area contributed by atoms with Crippen LogP contribution in [-0.4, -0.2) is 23.5 Å². The van der Waals surface area contributed by atoms with Crippen LogP contribution < -0.4 is 15.8 Å². The minimum atomic E-state index is -0.270. The van der Waals surface area contributed by atoms with Crippen molar-refractivity contribution in [2.24, 2.45) is 0 Å². The molecule has 21 heavy (non-hydrogen) atoms. The third-order valence-electron chi connectivity index (χ3n) is 2.76. The van der Waals surface area contributed by atoms with Gasteiger partial charge >= 0.3 is 0 Å². The van der Waals surface area contributed by atoms with Crippen molar-refractivity contribution in [2.75, 3.05) is 12.3 Å². The number of para-hydroxylation sites is 1. The van der Waals surface area contributed by atoms with Crippen LogP contribution in [0.4, 0.5) is 5.82 Å². The van der Waals surface area contributed by atoms with Crippen LogP contribution in [-0.2, 0) is 0 Å². The Morgan fingerprint density at radius 1 is 1.43 bits per heavy atom. The molecular formula is C15H16ClN3O2. The smallest absolute Gasteiger partial charge is 0.253 e. The molecule has 0 saturated heterocycles. The minimum Gasteiger partial charge on any atom is -0.489 e. The molecule has 0 aliphatic carbocycles. The lowest BCUT2D eigenvalue weighted by atomic mass is 10.2. The molecule has 0 radical (unpaired) electrons. The van der Waals surface area contributed by atoms with E-state index in [4.69, 9.17) is 22.1 Å². The summed E-state index contributed by atoms with van der Waals surface area (Å²) in [5.74, 6) is 0.693. The van der Waals surface area contributed by atoms with Crippen molar-refractivity contribution in [1.82, 2.24) is 10.3 Å². The molecule has 1 aromatic carbocycles. The topological polar surface area (TPSA) is 77.2 Å². The van der Waals surface area contributed by atoms with Gasteiger partial charge in [-0.3, -0.25) is 4.79 Å². The van der Waals surface area contributed by atoms with E-state index < -0.39 is 0 Å². The van der Waals surface area contributed by atoms with Crippen LogP contribution in [0.5, 0.6) is 5.75 Å². The van der Waals surface area contributed by atoms with Gasteiger partial charge in [0.1, 0.15) is 17.7 Å². The fourth-order valence-electron chi connectivity index (χ4n) is 1.68. The van der Waals surface area contributed by atoms with Crippen LogP contribution in [0.15, 0.2) is 42.6 Å². The van der Waals surface area contributed by atoms with Gasteiger partial charge in [0.05, 0.1) is 17.1 Å². The zero-order valence-electron chi connectivity index (χ0n) is 11.5. The van der Waals surface area contributed by atoms with Crippen LogP contribution in [0.3, 0.4) is 0 Å². The molecule has 1 heterocycles. The molecule has 1 atom stereocenters. The first-order chi connectivity index (χ1) is 10.1. The number of hydrogen-bond acceptors (Lipinski definition) is 4. The standard InChI is InChI=1S/C15H16ClN3O2/c1-10(21-12-5-3-2-4-6-12)8-19-15(20)11-7-13(16)14(17)18-9-11/h2-7,9-10H,8H2,1H3,(H2,17,18)(H,19,20). The molecule has 2 rings (SSSR count). The average Bonchev–Trinajstić information content (AvgIpc) is 2.48. The molecule has 3 N–H and O–H groups in total. The fraction of sp³-hybridized carbons (Fsp3) is 0.200. The van der Waals surface area contributed by atoms with E-state index in [1.807, 2.05) is 37.3 Å². The summed E-state index contributed by atoms with van der Waals surface area (Å²) in [6.45, 7) is 2.25. The number of nitrogens with one attached hydrogen (secondary N) is 1. The van der Waals surface area contributed by atoms with E-state index in [1.54, 1.807) is 0 Å². The summed E-state index contributed by atoms with van der Waals surface area (Å²) in [6.07, 6.45) is 1.23. The summed E-state index contributed by atoms with van der Waals surface area (Å²) in [7, 11) is 0. The lowest BCUT2D eigenvalue weighted by molar-refractivity contribution is 0.0932. The molecule has 0 spiro atoms. The van der Waals surface area contributed by atoms with E-state index in [1.165, 1.54) is 12.3 Å². The quantitative estimate of drug-likeness (QED) is 0.890. The maximum atomic E-state index is 12.0. The van der Waals surface area contributed by atoms with Crippen molar-refractivity contribution in [1.29, 1.82) is 0 Å². The highest BCUT2D eigenvalue weighted by molar-refractivity contribution is 6.33. The van der Waals surface area contributed by atoms with Gasteiger partial charge in [-0.25, -0.2) is 4.98 Å². The van der Waals surface area contributed by atoms with Gasteiger partial charge in [-0.2, -0.15) is 0 Å². The van der Waals surface area contributed by atoms with Gasteiger partial charge in [-0.15, -0.1) is 0 Å². The second kappa shape index (κ2) is 6.95. The van der Waals surface area contributed by atoms with Gasteiger partial charge in [-0.1, -0.05) is 29.8 Å². The molecule has 0 aliphatic rings. The molecule has 6 heteroatoms. The van der Waals surface area contributed by atoms with Crippen LogP contribution >= 0.6 is 11.6 Å². The molecule has 0 fully saturated rings. The van der Waals surface area contributed by atoms with Crippen molar-refractivity contribution in [3.05, 3.63) is 53.2 Å². The number of hydrogen-bond donors (Lipinski definition) is 2. The molecular weight excluding hydrogens is 290 g/mol. The fourth-order valence-corrected chi connectivity index (χ4v) is 1.85. The summed E-state index contributed by atoms with van der Waals surface area (Å²) in [4.78, 5) is 15.8. The Kier molecular flexibility index (Phi) is 5.00. The Morgan fingerprint density at radius 2 is 2.14 bits per heavy atom. The predicted molar refractivity (Wildman–Crippen MR) is 82.5 cm³/mol. The molecule has 0 saturated carbocycles. The van der Waals surface area contributed by atoms with E-state index in [0.29, 0.717) is 12.1 Å². The molecule has 110 valence electrons. The molecule has 1 aromatic heterocycles. The van der Waals surface area contributed by atoms with Gasteiger partial charge < -0.3 is 15.8 Å². The van der Waals surface area contributed by atoms with Crippen molar-refractivity contribution >= 4 is 23.3 Å². The number of ether oxygens (including phenoxy) is 1. The highest BCUT2D eigenvalue weighted by Crippen LogP contribution is 2.16. The molecule has 5 nitrogen and oxygen atoms in total. The summed E-state index contributed by atoms with van der Waals surface area (Å²) in [6, 6.07) is 10.9. The highest BCUT2D eigenvalue weighted by atomic mass is 35.5. The number of anilines is 1. The van der Waals surface area contributed by atoms with Crippen molar-refractivity contribution in [3.63, 3.8) is 0 Å². The van der Waals surface area contributed by atoms with Crippen LogP contribution in [0.2, 0.25) is 5.02 Å². The van der Waals surface area contributed by atoms with E-state index in [0.717, 1.165) is 5.75 Å². The van der Waals surface area contributed by atoms with Crippen molar-refractivity contribution in [3.8, 4) is 5.75 Å². The van der Waals surface area contributed by atoms with E-state index in [2.05, 4.69) is 10.3 Å². The maximum Gasteiger partial charge on any atom is 0.253 e. The number of halogens is 1. The van der Waals surface area contributed by atoms with Crippen LogP contribution in [0.25, 0.3) is 0 Å². The SMILES string of the molecule is CC(CNC(=O)c1cnc(N)c(Cl)c1)Oc1ccccc1. The second-order valence-corrected chi connectivity index (χ2v) is 4.95. The monoisotopic (exact) mass is 305 g/mol. The van der Waals surface area contributed by atoms with Gasteiger partial charge in [-0.05, 0) is 25.1 Å². The van der Waals surface area contributed by atoms with Gasteiger partial charge in [0.25, 0.3) is 5.91 Å². The number of rotatable bonds is 5. The first-order valence-electron chi connectivity index (χ1n) is 6.47. The Balaban J connectivity index is 1.87. The molecule has 1 unspecified atom stereocenters. The lowest BCUT2D eigenvalue weighted by Crippen LogP contribution is -2.33. The molecule has 0 aliphatic heterocycles.